The number of para-hydroxylation sites is 1. The van der Waals surface area contributed by atoms with E-state index in [1.165, 1.54) is 11.8 Å². The van der Waals surface area contributed by atoms with Crippen molar-refractivity contribution in [2.24, 2.45) is 0 Å². The van der Waals surface area contributed by atoms with E-state index >= 15 is 0 Å². The van der Waals surface area contributed by atoms with Crippen molar-refractivity contribution in [3.8, 4) is 5.69 Å². The number of benzene rings is 2. The molecule has 6 heteroatoms. The quantitative estimate of drug-likeness (QED) is 0.689. The van der Waals surface area contributed by atoms with Gasteiger partial charge in [0.15, 0.2) is 5.16 Å². The number of hydrogen-bond acceptors (Lipinski definition) is 4. The van der Waals surface area contributed by atoms with Gasteiger partial charge in [0.05, 0.1) is 11.8 Å². The molecule has 0 spiro atoms. The SMILES string of the molecule is Cc1nnc(SCC(=O)N[C@H](C)c2ccccc2)n1-c1ccccc1. The number of aryl methyl sites for hydroxylation is 1. The van der Waals surface area contributed by atoms with E-state index in [0.29, 0.717) is 10.9 Å². The molecule has 0 saturated heterocycles. The fraction of sp³-hybridized carbons (Fsp3) is 0.211. The predicted molar refractivity (Wildman–Crippen MR) is 99.8 cm³/mol. The minimum Gasteiger partial charge on any atom is -0.349 e. The van der Waals surface area contributed by atoms with Gasteiger partial charge in [-0.3, -0.25) is 9.36 Å². The molecule has 1 aromatic heterocycles. The number of rotatable bonds is 6. The maximum Gasteiger partial charge on any atom is 0.230 e. The molecule has 0 fully saturated rings. The fourth-order valence-electron chi connectivity index (χ4n) is 2.55. The Morgan fingerprint density at radius 2 is 1.72 bits per heavy atom. The molecule has 0 aliphatic heterocycles. The Morgan fingerprint density at radius 3 is 2.40 bits per heavy atom. The van der Waals surface area contributed by atoms with Crippen LogP contribution in [-0.2, 0) is 4.79 Å². The smallest absolute Gasteiger partial charge is 0.230 e. The number of carbonyl (C=O) groups excluding carboxylic acids is 1. The van der Waals surface area contributed by atoms with Crippen molar-refractivity contribution in [3.63, 3.8) is 0 Å². The molecular formula is C19H20N4OS. The lowest BCUT2D eigenvalue weighted by molar-refractivity contribution is -0.119. The van der Waals surface area contributed by atoms with Crippen LogP contribution in [0.1, 0.15) is 24.4 Å². The van der Waals surface area contributed by atoms with Crippen LogP contribution in [0.4, 0.5) is 0 Å². The van der Waals surface area contributed by atoms with Gasteiger partial charge in [-0.15, -0.1) is 10.2 Å². The first-order chi connectivity index (χ1) is 12.1. The molecule has 0 aliphatic rings. The summed E-state index contributed by atoms with van der Waals surface area (Å²) in [6, 6.07) is 19.8. The number of hydrogen-bond donors (Lipinski definition) is 1. The topological polar surface area (TPSA) is 59.8 Å². The summed E-state index contributed by atoms with van der Waals surface area (Å²) < 4.78 is 1.96. The monoisotopic (exact) mass is 352 g/mol. The Balaban J connectivity index is 1.63. The number of thioether (sulfide) groups is 1. The summed E-state index contributed by atoms with van der Waals surface area (Å²) in [7, 11) is 0. The number of amides is 1. The van der Waals surface area contributed by atoms with Gasteiger partial charge < -0.3 is 5.32 Å². The van der Waals surface area contributed by atoms with E-state index in [2.05, 4.69) is 15.5 Å². The number of nitrogens with one attached hydrogen (secondary N) is 1. The molecule has 0 radical (unpaired) electrons. The van der Waals surface area contributed by atoms with Gasteiger partial charge in [0.1, 0.15) is 5.82 Å². The normalized spacial score (nSPS) is 11.9. The third-order valence-electron chi connectivity index (χ3n) is 3.82. The van der Waals surface area contributed by atoms with Gasteiger partial charge in [0.25, 0.3) is 0 Å². The highest BCUT2D eigenvalue weighted by atomic mass is 32.2. The first-order valence-corrected chi connectivity index (χ1v) is 9.08. The van der Waals surface area contributed by atoms with E-state index in [4.69, 9.17) is 0 Å². The summed E-state index contributed by atoms with van der Waals surface area (Å²) in [5.74, 6) is 1.07. The van der Waals surface area contributed by atoms with Crippen LogP contribution in [0, 0.1) is 6.92 Å². The Bertz CT molecular complexity index is 833. The van der Waals surface area contributed by atoms with Gasteiger partial charge in [0, 0.05) is 5.69 Å². The second-order valence-electron chi connectivity index (χ2n) is 5.69. The molecular weight excluding hydrogens is 332 g/mol. The Hall–Kier alpha value is -2.60. The average Bonchev–Trinajstić information content (AvgIpc) is 3.02. The largest absolute Gasteiger partial charge is 0.349 e. The molecule has 1 N–H and O–H groups in total. The van der Waals surface area contributed by atoms with Crippen LogP contribution in [0.5, 0.6) is 0 Å². The molecule has 3 aromatic rings. The van der Waals surface area contributed by atoms with Gasteiger partial charge in [-0.25, -0.2) is 0 Å². The van der Waals surface area contributed by atoms with Crippen molar-refractivity contribution >= 4 is 17.7 Å². The Labute approximate surface area is 151 Å². The standard InChI is InChI=1S/C19H20N4OS/c1-14(16-9-5-3-6-10-16)20-18(24)13-25-19-22-21-15(2)23(19)17-11-7-4-8-12-17/h3-12,14H,13H2,1-2H3,(H,20,24)/t14-/m1/s1. The van der Waals surface area contributed by atoms with Crippen LogP contribution in [0.15, 0.2) is 65.8 Å². The fourth-order valence-corrected chi connectivity index (χ4v) is 3.36. The molecule has 2 aromatic carbocycles. The maximum atomic E-state index is 12.3. The second kappa shape index (κ2) is 7.98. The van der Waals surface area contributed by atoms with E-state index < -0.39 is 0 Å². The maximum absolute atomic E-state index is 12.3. The molecule has 5 nitrogen and oxygen atoms in total. The zero-order chi connectivity index (χ0) is 17.6. The summed E-state index contributed by atoms with van der Waals surface area (Å²) in [6.45, 7) is 3.89. The molecule has 3 rings (SSSR count). The predicted octanol–water partition coefficient (Wildman–Crippen LogP) is 3.55. The molecule has 0 aliphatic carbocycles. The van der Waals surface area contributed by atoms with Crippen molar-refractivity contribution in [1.29, 1.82) is 0 Å². The van der Waals surface area contributed by atoms with E-state index in [1.807, 2.05) is 79.1 Å². The van der Waals surface area contributed by atoms with Gasteiger partial charge >= 0.3 is 0 Å². The Morgan fingerprint density at radius 1 is 1.08 bits per heavy atom. The molecule has 0 saturated carbocycles. The van der Waals surface area contributed by atoms with Crippen LogP contribution >= 0.6 is 11.8 Å². The summed E-state index contributed by atoms with van der Waals surface area (Å²) in [5.41, 5.74) is 2.08. The lowest BCUT2D eigenvalue weighted by Gasteiger charge is -2.14. The summed E-state index contributed by atoms with van der Waals surface area (Å²) >= 11 is 1.39. The molecule has 0 unspecified atom stereocenters. The molecule has 1 heterocycles. The molecule has 1 amide bonds. The summed E-state index contributed by atoms with van der Waals surface area (Å²) in [6.07, 6.45) is 0. The van der Waals surface area contributed by atoms with Gasteiger partial charge in [-0.1, -0.05) is 60.3 Å². The van der Waals surface area contributed by atoms with Crippen molar-refractivity contribution in [3.05, 3.63) is 72.1 Å². The van der Waals surface area contributed by atoms with E-state index in [0.717, 1.165) is 17.1 Å². The highest BCUT2D eigenvalue weighted by molar-refractivity contribution is 7.99. The minimum absolute atomic E-state index is 0.0250. The lowest BCUT2D eigenvalue weighted by atomic mass is 10.1. The first-order valence-electron chi connectivity index (χ1n) is 8.09. The summed E-state index contributed by atoms with van der Waals surface area (Å²) in [4.78, 5) is 12.3. The zero-order valence-corrected chi connectivity index (χ0v) is 15.0. The molecule has 128 valence electrons. The van der Waals surface area contributed by atoms with Gasteiger partial charge in [-0.05, 0) is 31.5 Å². The molecule has 1 atom stereocenters. The van der Waals surface area contributed by atoms with Crippen LogP contribution in [0.2, 0.25) is 0 Å². The zero-order valence-electron chi connectivity index (χ0n) is 14.2. The number of nitrogens with zero attached hydrogens (tertiary/aromatic N) is 3. The van der Waals surface area contributed by atoms with Crippen molar-refractivity contribution in [1.82, 2.24) is 20.1 Å². The summed E-state index contributed by atoms with van der Waals surface area (Å²) in [5, 5.41) is 12.1. The van der Waals surface area contributed by atoms with Gasteiger partial charge in [0.2, 0.25) is 5.91 Å². The minimum atomic E-state index is -0.0263. The van der Waals surface area contributed by atoms with Crippen molar-refractivity contribution in [2.45, 2.75) is 25.0 Å². The molecule has 25 heavy (non-hydrogen) atoms. The van der Waals surface area contributed by atoms with Crippen LogP contribution in [-0.4, -0.2) is 26.4 Å². The third-order valence-corrected chi connectivity index (χ3v) is 4.75. The number of aromatic nitrogens is 3. The first kappa shape index (κ1) is 17.2. The van der Waals surface area contributed by atoms with E-state index in [9.17, 15) is 4.79 Å². The number of carbonyl (C=O) groups is 1. The highest BCUT2D eigenvalue weighted by Crippen LogP contribution is 2.21. The lowest BCUT2D eigenvalue weighted by Crippen LogP contribution is -2.28. The van der Waals surface area contributed by atoms with Crippen molar-refractivity contribution in [2.75, 3.05) is 5.75 Å². The third kappa shape index (κ3) is 4.28. The highest BCUT2D eigenvalue weighted by Gasteiger charge is 2.14. The van der Waals surface area contributed by atoms with Gasteiger partial charge in [-0.2, -0.15) is 0 Å². The second-order valence-corrected chi connectivity index (χ2v) is 6.63. The van der Waals surface area contributed by atoms with Crippen molar-refractivity contribution < 1.29 is 4.79 Å². The Kier molecular flexibility index (Phi) is 5.50. The van der Waals surface area contributed by atoms with Crippen LogP contribution in [0.25, 0.3) is 5.69 Å². The average molecular weight is 352 g/mol. The molecule has 0 bridgehead atoms. The van der Waals surface area contributed by atoms with Crippen LogP contribution in [0.3, 0.4) is 0 Å². The van der Waals surface area contributed by atoms with E-state index in [1.54, 1.807) is 0 Å². The van der Waals surface area contributed by atoms with Crippen LogP contribution < -0.4 is 5.32 Å². The van der Waals surface area contributed by atoms with E-state index in [-0.39, 0.29) is 11.9 Å².